The number of hydrogen-bond acceptors (Lipinski definition) is 6. The van der Waals surface area contributed by atoms with E-state index >= 15 is 0 Å². The Morgan fingerprint density at radius 1 is 1.20 bits per heavy atom. The van der Waals surface area contributed by atoms with Crippen LogP contribution in [0.2, 0.25) is 0 Å². The normalized spacial score (nSPS) is 10.7. The van der Waals surface area contributed by atoms with Crippen LogP contribution in [0.5, 0.6) is 0 Å². The van der Waals surface area contributed by atoms with Crippen LogP contribution >= 0.6 is 11.3 Å². The van der Waals surface area contributed by atoms with E-state index in [1.54, 1.807) is 25.3 Å². The number of aromatic amines is 1. The van der Waals surface area contributed by atoms with E-state index in [1.807, 2.05) is 0 Å². The molecular formula is C20H20FN5O3S. The number of nitrogens with zero attached hydrogens (tertiary/aromatic N) is 2. The van der Waals surface area contributed by atoms with Gasteiger partial charge in [0.15, 0.2) is 5.13 Å². The number of benzene rings is 1. The van der Waals surface area contributed by atoms with E-state index in [-0.39, 0.29) is 35.8 Å². The van der Waals surface area contributed by atoms with Gasteiger partial charge < -0.3 is 15.6 Å². The highest BCUT2D eigenvalue weighted by atomic mass is 32.1. The van der Waals surface area contributed by atoms with Crippen molar-refractivity contribution in [2.45, 2.75) is 33.6 Å². The molecule has 0 aliphatic carbocycles. The molecule has 0 unspecified atom stereocenters. The van der Waals surface area contributed by atoms with Crippen LogP contribution < -0.4 is 16.2 Å². The second kappa shape index (κ2) is 8.95. The first-order valence-electron chi connectivity index (χ1n) is 9.12. The maximum atomic E-state index is 14.4. The third-order valence-corrected chi connectivity index (χ3v) is 5.02. The zero-order chi connectivity index (χ0) is 21.8. The van der Waals surface area contributed by atoms with E-state index in [1.165, 1.54) is 30.4 Å². The predicted octanol–water partition coefficient (Wildman–Crippen LogP) is 3.18. The highest BCUT2D eigenvalue weighted by Gasteiger charge is 2.14. The van der Waals surface area contributed by atoms with Gasteiger partial charge in [-0.1, -0.05) is 0 Å². The fourth-order valence-electron chi connectivity index (χ4n) is 2.92. The first-order chi connectivity index (χ1) is 14.2. The molecule has 2 aromatic heterocycles. The molecule has 0 atom stereocenters. The summed E-state index contributed by atoms with van der Waals surface area (Å²) >= 11 is 1.17. The summed E-state index contributed by atoms with van der Waals surface area (Å²) in [5.74, 6) is -0.611. The smallest absolute Gasteiger partial charge is 0.254 e. The van der Waals surface area contributed by atoms with Crippen molar-refractivity contribution >= 4 is 34.0 Å². The number of hydrogen-bond donors (Lipinski definition) is 3. The standard InChI is InChI=1S/C20H20FN5O3S/c1-10-14(19(29)23-11(2)22-10)6-7-18(28)26-20-25-17(9-30-20)15-5-4-13(8-16(15)21)24-12(3)27/h4-5,8-9H,6-7H2,1-3H3,(H,24,27)(H,22,23,29)(H,25,26,28). The van der Waals surface area contributed by atoms with Gasteiger partial charge in [0.05, 0.1) is 5.69 Å². The van der Waals surface area contributed by atoms with Crippen LogP contribution in [0, 0.1) is 19.7 Å². The summed E-state index contributed by atoms with van der Waals surface area (Å²) in [4.78, 5) is 46.4. The molecule has 0 aliphatic rings. The Kier molecular flexibility index (Phi) is 6.36. The number of carbonyl (C=O) groups excluding carboxylic acids is 2. The fraction of sp³-hybridized carbons (Fsp3) is 0.250. The number of nitrogens with one attached hydrogen (secondary N) is 3. The SMILES string of the molecule is CC(=O)Nc1ccc(-c2csc(NC(=O)CCc3c(C)nc(C)[nH]c3=O)n2)c(F)c1. The summed E-state index contributed by atoms with van der Waals surface area (Å²) in [5.41, 5.74) is 1.80. The summed E-state index contributed by atoms with van der Waals surface area (Å²) in [6.07, 6.45) is 0.334. The minimum Gasteiger partial charge on any atom is -0.326 e. The van der Waals surface area contributed by atoms with Crippen molar-refractivity contribution in [3.05, 3.63) is 56.8 Å². The van der Waals surface area contributed by atoms with E-state index in [0.717, 1.165) is 0 Å². The van der Waals surface area contributed by atoms with Gasteiger partial charge in [-0.25, -0.2) is 14.4 Å². The topological polar surface area (TPSA) is 117 Å². The number of halogens is 1. The Hall–Kier alpha value is -3.40. The Morgan fingerprint density at radius 2 is 1.97 bits per heavy atom. The lowest BCUT2D eigenvalue weighted by atomic mass is 10.1. The number of aryl methyl sites for hydroxylation is 2. The molecule has 3 N–H and O–H groups in total. The molecule has 0 bridgehead atoms. The summed E-state index contributed by atoms with van der Waals surface area (Å²) < 4.78 is 14.4. The molecular weight excluding hydrogens is 409 g/mol. The van der Waals surface area contributed by atoms with Crippen LogP contribution in [-0.2, 0) is 16.0 Å². The number of aromatic nitrogens is 3. The Morgan fingerprint density at radius 3 is 2.63 bits per heavy atom. The van der Waals surface area contributed by atoms with Crippen LogP contribution in [-0.4, -0.2) is 26.8 Å². The highest BCUT2D eigenvalue weighted by molar-refractivity contribution is 7.14. The molecule has 0 spiro atoms. The average Bonchev–Trinajstić information content (AvgIpc) is 3.08. The molecule has 0 saturated heterocycles. The Balaban J connectivity index is 1.65. The van der Waals surface area contributed by atoms with Crippen LogP contribution in [0.4, 0.5) is 15.2 Å². The van der Waals surface area contributed by atoms with Gasteiger partial charge in [-0.05, 0) is 38.5 Å². The largest absolute Gasteiger partial charge is 0.326 e. The number of H-pyrrole nitrogens is 1. The van der Waals surface area contributed by atoms with Gasteiger partial charge in [0.1, 0.15) is 11.6 Å². The summed E-state index contributed by atoms with van der Waals surface area (Å²) in [7, 11) is 0. The Labute approximate surface area is 175 Å². The monoisotopic (exact) mass is 429 g/mol. The summed E-state index contributed by atoms with van der Waals surface area (Å²) in [6.45, 7) is 4.77. The summed E-state index contributed by atoms with van der Waals surface area (Å²) in [6, 6.07) is 4.30. The van der Waals surface area contributed by atoms with Crippen LogP contribution in [0.25, 0.3) is 11.3 Å². The fourth-order valence-corrected chi connectivity index (χ4v) is 3.65. The number of thiazole rings is 1. The van der Waals surface area contributed by atoms with Crippen LogP contribution in [0.3, 0.4) is 0 Å². The zero-order valence-corrected chi connectivity index (χ0v) is 17.4. The molecule has 156 valence electrons. The van der Waals surface area contributed by atoms with Gasteiger partial charge in [0.2, 0.25) is 11.8 Å². The van der Waals surface area contributed by atoms with E-state index < -0.39 is 5.82 Å². The van der Waals surface area contributed by atoms with Gasteiger partial charge in [-0.2, -0.15) is 0 Å². The number of amides is 2. The van der Waals surface area contributed by atoms with Crippen molar-refractivity contribution in [2.24, 2.45) is 0 Å². The molecule has 0 aliphatic heterocycles. The van der Waals surface area contributed by atoms with Crippen molar-refractivity contribution in [3.63, 3.8) is 0 Å². The third-order valence-electron chi connectivity index (χ3n) is 4.26. The van der Waals surface area contributed by atoms with Gasteiger partial charge in [0.25, 0.3) is 5.56 Å². The van der Waals surface area contributed by atoms with Crippen molar-refractivity contribution in [1.82, 2.24) is 15.0 Å². The molecule has 2 amide bonds. The first-order valence-corrected chi connectivity index (χ1v) is 10.00. The minimum absolute atomic E-state index is 0.0867. The van der Waals surface area contributed by atoms with Crippen molar-refractivity contribution < 1.29 is 14.0 Å². The van der Waals surface area contributed by atoms with E-state index in [9.17, 15) is 18.8 Å². The predicted molar refractivity (Wildman–Crippen MR) is 113 cm³/mol. The lowest BCUT2D eigenvalue weighted by Crippen LogP contribution is -2.20. The average molecular weight is 429 g/mol. The molecule has 30 heavy (non-hydrogen) atoms. The van der Waals surface area contributed by atoms with E-state index in [2.05, 4.69) is 25.6 Å². The first kappa shape index (κ1) is 21.3. The van der Waals surface area contributed by atoms with Crippen LogP contribution in [0.15, 0.2) is 28.4 Å². The summed E-state index contributed by atoms with van der Waals surface area (Å²) in [5, 5.41) is 7.13. The molecule has 1 aromatic carbocycles. The number of anilines is 2. The molecule has 8 nitrogen and oxygen atoms in total. The molecule has 0 fully saturated rings. The van der Waals surface area contributed by atoms with Gasteiger partial charge in [-0.15, -0.1) is 11.3 Å². The van der Waals surface area contributed by atoms with Gasteiger partial charge >= 0.3 is 0 Å². The second-order valence-corrected chi connectivity index (χ2v) is 7.54. The maximum absolute atomic E-state index is 14.4. The molecule has 2 heterocycles. The van der Waals surface area contributed by atoms with Crippen molar-refractivity contribution in [3.8, 4) is 11.3 Å². The molecule has 0 saturated carbocycles. The number of rotatable bonds is 6. The van der Waals surface area contributed by atoms with Gasteiger partial charge in [-0.3, -0.25) is 14.4 Å². The lowest BCUT2D eigenvalue weighted by molar-refractivity contribution is -0.116. The van der Waals surface area contributed by atoms with Crippen LogP contribution in [0.1, 0.15) is 30.4 Å². The number of carbonyl (C=O) groups is 2. The van der Waals surface area contributed by atoms with Crippen molar-refractivity contribution in [1.29, 1.82) is 0 Å². The van der Waals surface area contributed by atoms with Crippen molar-refractivity contribution in [2.75, 3.05) is 10.6 Å². The van der Waals surface area contributed by atoms with E-state index in [0.29, 0.717) is 33.6 Å². The highest BCUT2D eigenvalue weighted by Crippen LogP contribution is 2.28. The van der Waals surface area contributed by atoms with Gasteiger partial charge in [0, 0.05) is 41.2 Å². The quantitative estimate of drug-likeness (QED) is 0.556. The zero-order valence-electron chi connectivity index (χ0n) is 16.6. The molecule has 3 aromatic rings. The molecule has 10 heteroatoms. The molecule has 0 radical (unpaired) electrons. The second-order valence-electron chi connectivity index (χ2n) is 6.68. The minimum atomic E-state index is -0.536. The molecule has 3 rings (SSSR count). The third kappa shape index (κ3) is 5.15. The Bertz CT molecular complexity index is 1170. The van der Waals surface area contributed by atoms with E-state index in [4.69, 9.17) is 0 Å². The lowest BCUT2D eigenvalue weighted by Gasteiger charge is -2.06. The maximum Gasteiger partial charge on any atom is 0.254 e.